The average Bonchev–Trinajstić information content (AvgIpc) is 2.87. The summed E-state index contributed by atoms with van der Waals surface area (Å²) >= 11 is 0. The van der Waals surface area contributed by atoms with Crippen LogP contribution < -0.4 is 0 Å². The summed E-state index contributed by atoms with van der Waals surface area (Å²) in [4.78, 5) is 10.6. The molecule has 1 aromatic heterocycles. The van der Waals surface area contributed by atoms with E-state index in [9.17, 15) is 10.1 Å². The van der Waals surface area contributed by atoms with Crippen LogP contribution in [-0.2, 0) is 0 Å². The molecular weight excluding hydrogens is 256 g/mol. The Morgan fingerprint density at radius 2 is 1.80 bits per heavy atom. The highest BCUT2D eigenvalue weighted by Gasteiger charge is 2.24. The van der Waals surface area contributed by atoms with E-state index in [4.69, 9.17) is 9.68 Å². The minimum absolute atomic E-state index is 0.282. The molecule has 5 heteroatoms. The smallest absolute Gasteiger partial charge is 0.400 e. The molecule has 0 spiro atoms. The zero-order chi connectivity index (χ0) is 14.1. The molecule has 3 rings (SSSR count). The van der Waals surface area contributed by atoms with E-state index in [1.54, 1.807) is 48.5 Å². The first kappa shape index (κ1) is 11.9. The van der Waals surface area contributed by atoms with Crippen LogP contribution in [0.4, 0.5) is 5.88 Å². The maximum Gasteiger partial charge on any atom is 0.442 e. The molecular formula is C15H8N2O3. The number of nitriles is 1. The fourth-order valence-electron chi connectivity index (χ4n) is 2.15. The molecule has 0 aliphatic carbocycles. The monoisotopic (exact) mass is 264 g/mol. The van der Waals surface area contributed by atoms with Crippen LogP contribution in [0.3, 0.4) is 0 Å². The highest BCUT2D eigenvalue weighted by Crippen LogP contribution is 2.39. The summed E-state index contributed by atoms with van der Waals surface area (Å²) in [6, 6.07) is 15.7. The summed E-state index contributed by atoms with van der Waals surface area (Å²) in [7, 11) is 0. The molecule has 3 aromatic rings. The number of benzene rings is 2. The van der Waals surface area contributed by atoms with E-state index < -0.39 is 4.92 Å². The number of nitrogens with zero attached hydrogens (tertiary/aromatic N) is 2. The van der Waals surface area contributed by atoms with E-state index in [1.807, 2.05) is 6.07 Å². The summed E-state index contributed by atoms with van der Waals surface area (Å²) in [6.07, 6.45) is 0. The maximum absolute atomic E-state index is 11.1. The normalized spacial score (nSPS) is 10.3. The molecule has 20 heavy (non-hydrogen) atoms. The standard InChI is InChI=1S/C15H8N2O3/c16-9-10-5-7-11(8-6-10)14-12-3-1-2-4-13(12)20-15(14)17(18)19/h1-8H. The van der Waals surface area contributed by atoms with Crippen LogP contribution in [-0.4, -0.2) is 4.92 Å². The Hall–Kier alpha value is -3.13. The van der Waals surface area contributed by atoms with E-state index >= 15 is 0 Å². The molecule has 0 saturated heterocycles. The van der Waals surface area contributed by atoms with Gasteiger partial charge in [0.1, 0.15) is 16.1 Å². The molecule has 0 amide bonds. The van der Waals surface area contributed by atoms with Gasteiger partial charge in [0.05, 0.1) is 11.6 Å². The van der Waals surface area contributed by atoms with Gasteiger partial charge >= 0.3 is 5.88 Å². The van der Waals surface area contributed by atoms with Crippen LogP contribution in [0.15, 0.2) is 52.9 Å². The van der Waals surface area contributed by atoms with Crippen LogP contribution >= 0.6 is 0 Å². The van der Waals surface area contributed by atoms with E-state index in [2.05, 4.69) is 0 Å². The molecule has 0 unspecified atom stereocenters. The summed E-state index contributed by atoms with van der Waals surface area (Å²) in [5.74, 6) is -0.282. The van der Waals surface area contributed by atoms with Gasteiger partial charge in [0.15, 0.2) is 0 Å². The highest BCUT2D eigenvalue weighted by atomic mass is 16.6. The predicted molar refractivity (Wildman–Crippen MR) is 73.0 cm³/mol. The maximum atomic E-state index is 11.1. The first-order valence-corrected chi connectivity index (χ1v) is 5.87. The summed E-state index contributed by atoms with van der Waals surface area (Å²) in [5.41, 5.74) is 2.07. The second kappa shape index (κ2) is 4.52. The van der Waals surface area contributed by atoms with Crippen molar-refractivity contribution in [1.29, 1.82) is 5.26 Å². The van der Waals surface area contributed by atoms with E-state index in [1.165, 1.54) is 0 Å². The Bertz CT molecular complexity index is 842. The number of rotatable bonds is 2. The minimum atomic E-state index is -0.534. The van der Waals surface area contributed by atoms with Gasteiger partial charge in [-0.15, -0.1) is 0 Å². The summed E-state index contributed by atoms with van der Waals surface area (Å²) in [5, 5.41) is 20.6. The van der Waals surface area contributed by atoms with Gasteiger partial charge in [0, 0.05) is 5.39 Å². The van der Waals surface area contributed by atoms with E-state index in [-0.39, 0.29) is 5.88 Å². The van der Waals surface area contributed by atoms with Crippen molar-refractivity contribution in [3.63, 3.8) is 0 Å². The van der Waals surface area contributed by atoms with Gasteiger partial charge < -0.3 is 4.42 Å². The fraction of sp³-hybridized carbons (Fsp3) is 0. The Balaban J connectivity index is 2.30. The molecule has 5 nitrogen and oxygen atoms in total. The molecule has 0 aliphatic heterocycles. The van der Waals surface area contributed by atoms with Gasteiger partial charge in [-0.1, -0.05) is 30.3 Å². The molecule has 0 aliphatic rings. The minimum Gasteiger partial charge on any atom is -0.400 e. The first-order chi connectivity index (χ1) is 9.70. The van der Waals surface area contributed by atoms with Gasteiger partial charge in [0.2, 0.25) is 0 Å². The number of hydrogen-bond donors (Lipinski definition) is 0. The third kappa shape index (κ3) is 1.80. The largest absolute Gasteiger partial charge is 0.442 e. The summed E-state index contributed by atoms with van der Waals surface area (Å²) < 4.78 is 5.31. The zero-order valence-corrected chi connectivity index (χ0v) is 10.2. The van der Waals surface area contributed by atoms with Crippen LogP contribution in [0.5, 0.6) is 0 Å². The Kier molecular flexibility index (Phi) is 2.70. The number of para-hydroxylation sites is 1. The van der Waals surface area contributed by atoms with Crippen molar-refractivity contribution in [2.24, 2.45) is 0 Å². The van der Waals surface area contributed by atoms with Gasteiger partial charge in [-0.05, 0) is 23.8 Å². The lowest BCUT2D eigenvalue weighted by atomic mass is 10.0. The SMILES string of the molecule is N#Cc1ccc(-c2c([N+](=O)[O-])oc3ccccc23)cc1. The lowest BCUT2D eigenvalue weighted by Crippen LogP contribution is -1.88. The molecule has 2 aromatic carbocycles. The predicted octanol–water partition coefficient (Wildman–Crippen LogP) is 3.88. The van der Waals surface area contributed by atoms with Crippen LogP contribution in [0.1, 0.15) is 5.56 Å². The van der Waals surface area contributed by atoms with E-state index in [0.29, 0.717) is 27.7 Å². The topological polar surface area (TPSA) is 80.1 Å². The molecule has 1 heterocycles. The quantitative estimate of drug-likeness (QED) is 0.519. The number of hydrogen-bond acceptors (Lipinski definition) is 4. The van der Waals surface area contributed by atoms with Crippen molar-refractivity contribution < 1.29 is 9.34 Å². The molecule has 0 radical (unpaired) electrons. The second-order valence-electron chi connectivity index (χ2n) is 4.22. The number of fused-ring (bicyclic) bond motifs is 1. The second-order valence-corrected chi connectivity index (χ2v) is 4.22. The van der Waals surface area contributed by atoms with Crippen molar-refractivity contribution >= 4 is 16.9 Å². The van der Waals surface area contributed by atoms with Crippen molar-refractivity contribution in [2.75, 3.05) is 0 Å². The van der Waals surface area contributed by atoms with Crippen LogP contribution in [0.25, 0.3) is 22.1 Å². The Morgan fingerprint density at radius 3 is 2.45 bits per heavy atom. The lowest BCUT2D eigenvalue weighted by molar-refractivity contribution is -0.400. The molecule has 0 N–H and O–H groups in total. The first-order valence-electron chi connectivity index (χ1n) is 5.87. The van der Waals surface area contributed by atoms with Gasteiger partial charge in [-0.2, -0.15) is 5.26 Å². The number of furan rings is 1. The fourth-order valence-corrected chi connectivity index (χ4v) is 2.15. The highest BCUT2D eigenvalue weighted by molar-refractivity contribution is 5.98. The third-order valence-electron chi connectivity index (χ3n) is 3.05. The lowest BCUT2D eigenvalue weighted by Gasteiger charge is -1.98. The Morgan fingerprint density at radius 1 is 1.10 bits per heavy atom. The average molecular weight is 264 g/mol. The van der Waals surface area contributed by atoms with E-state index in [0.717, 1.165) is 0 Å². The van der Waals surface area contributed by atoms with Crippen molar-refractivity contribution in [3.8, 4) is 17.2 Å². The van der Waals surface area contributed by atoms with Crippen LogP contribution in [0.2, 0.25) is 0 Å². The van der Waals surface area contributed by atoms with Gasteiger partial charge in [-0.25, -0.2) is 0 Å². The molecule has 0 atom stereocenters. The molecule has 0 bridgehead atoms. The molecule has 96 valence electrons. The van der Waals surface area contributed by atoms with Gasteiger partial charge in [-0.3, -0.25) is 10.1 Å². The number of nitro groups is 1. The third-order valence-corrected chi connectivity index (χ3v) is 3.05. The Labute approximate surface area is 113 Å². The molecule has 0 saturated carbocycles. The van der Waals surface area contributed by atoms with Crippen molar-refractivity contribution in [2.45, 2.75) is 0 Å². The summed E-state index contributed by atoms with van der Waals surface area (Å²) in [6.45, 7) is 0. The van der Waals surface area contributed by atoms with Crippen molar-refractivity contribution in [3.05, 3.63) is 64.2 Å². The van der Waals surface area contributed by atoms with Crippen LogP contribution in [0, 0.1) is 21.4 Å². The molecule has 0 fully saturated rings. The zero-order valence-electron chi connectivity index (χ0n) is 10.2. The van der Waals surface area contributed by atoms with Crippen molar-refractivity contribution in [1.82, 2.24) is 0 Å². The van der Waals surface area contributed by atoms with Gasteiger partial charge in [0.25, 0.3) is 0 Å².